The predicted molar refractivity (Wildman–Crippen MR) is 56.2 cm³/mol. The first-order valence-electron chi connectivity index (χ1n) is 3.24. The van der Waals surface area contributed by atoms with Crippen molar-refractivity contribution in [1.82, 2.24) is 4.98 Å². The van der Waals surface area contributed by atoms with Crippen molar-refractivity contribution in [1.29, 1.82) is 0 Å². The molecule has 0 aliphatic rings. The molecule has 0 N–H and O–H groups in total. The summed E-state index contributed by atoms with van der Waals surface area (Å²) in [5, 5.41) is 0. The van der Waals surface area contributed by atoms with E-state index < -0.39 is 6.43 Å². The molecule has 2 nitrogen and oxygen atoms in total. The molecule has 1 heterocycles. The lowest BCUT2D eigenvalue weighted by atomic mass is 10.2. The number of aromatic nitrogens is 1. The van der Waals surface area contributed by atoms with E-state index in [1.165, 1.54) is 13.3 Å². The van der Waals surface area contributed by atoms with Gasteiger partial charge in [-0.25, -0.2) is 13.8 Å². The molecule has 0 saturated carbocycles. The van der Waals surface area contributed by atoms with Gasteiger partial charge in [-0.2, -0.15) is 0 Å². The summed E-state index contributed by atoms with van der Waals surface area (Å²) in [5.41, 5.74) is -0.151. The monoisotopic (exact) mass is 363 g/mol. The zero-order valence-electron chi connectivity index (χ0n) is 6.52. The summed E-state index contributed by atoms with van der Waals surface area (Å²) in [7, 11) is 1.34. The molecule has 6 heteroatoms. The first-order chi connectivity index (χ1) is 6.07. The van der Waals surface area contributed by atoms with Gasteiger partial charge in [-0.05, 0) is 38.5 Å². The number of ether oxygens (including phenoxy) is 1. The summed E-state index contributed by atoms with van der Waals surface area (Å²) in [6.45, 7) is 0. The number of nitrogens with zero attached hydrogens (tertiary/aromatic N) is 1. The van der Waals surface area contributed by atoms with Crippen molar-refractivity contribution in [3.05, 3.63) is 19.9 Å². The standard InChI is InChI=1S/C7H5BrF2INO/c1-13-3-2-12-7(11)5(8)4(3)6(9)10/h2,6H,1H3. The average molecular weight is 364 g/mol. The Balaban J connectivity index is 3.32. The van der Waals surface area contributed by atoms with E-state index in [-0.39, 0.29) is 11.3 Å². The van der Waals surface area contributed by atoms with Crippen molar-refractivity contribution in [3.8, 4) is 5.75 Å². The molecule has 0 bridgehead atoms. The molecule has 0 aliphatic heterocycles. The van der Waals surface area contributed by atoms with E-state index in [2.05, 4.69) is 20.9 Å². The molecule has 13 heavy (non-hydrogen) atoms. The van der Waals surface area contributed by atoms with Crippen LogP contribution in [0.2, 0.25) is 0 Å². The van der Waals surface area contributed by atoms with Gasteiger partial charge in [-0.3, -0.25) is 0 Å². The van der Waals surface area contributed by atoms with Gasteiger partial charge >= 0.3 is 0 Å². The van der Waals surface area contributed by atoms with Crippen LogP contribution in [0.5, 0.6) is 5.75 Å². The summed E-state index contributed by atoms with van der Waals surface area (Å²) in [6, 6.07) is 0. The highest BCUT2D eigenvalue weighted by Gasteiger charge is 2.20. The van der Waals surface area contributed by atoms with E-state index in [1.807, 2.05) is 22.6 Å². The number of hydrogen-bond acceptors (Lipinski definition) is 2. The predicted octanol–water partition coefficient (Wildman–Crippen LogP) is 3.39. The highest BCUT2D eigenvalue weighted by atomic mass is 127. The normalized spacial score (nSPS) is 10.6. The Morgan fingerprint density at radius 3 is 2.69 bits per heavy atom. The molecular weight excluding hydrogens is 359 g/mol. The van der Waals surface area contributed by atoms with Crippen LogP contribution in [-0.2, 0) is 0 Å². The van der Waals surface area contributed by atoms with Gasteiger partial charge in [0.15, 0.2) is 0 Å². The number of alkyl halides is 2. The van der Waals surface area contributed by atoms with Gasteiger partial charge in [0, 0.05) is 0 Å². The molecule has 0 unspecified atom stereocenters. The second-order valence-electron chi connectivity index (χ2n) is 2.15. The highest BCUT2D eigenvalue weighted by molar-refractivity contribution is 14.1. The minimum Gasteiger partial charge on any atom is -0.495 e. The molecular formula is C7H5BrF2INO. The third-order valence-electron chi connectivity index (χ3n) is 1.42. The van der Waals surface area contributed by atoms with Crippen LogP contribution in [0, 0.1) is 3.70 Å². The lowest BCUT2D eigenvalue weighted by Crippen LogP contribution is -1.97. The quantitative estimate of drug-likeness (QED) is 0.593. The SMILES string of the molecule is COc1cnc(I)c(Br)c1C(F)F. The fourth-order valence-corrected chi connectivity index (χ4v) is 1.73. The summed E-state index contributed by atoms with van der Waals surface area (Å²) >= 11 is 4.91. The first kappa shape index (κ1) is 11.1. The molecule has 1 aromatic rings. The number of pyridine rings is 1. The second kappa shape index (κ2) is 4.50. The fraction of sp³-hybridized carbons (Fsp3) is 0.286. The molecule has 0 spiro atoms. The molecule has 0 aromatic carbocycles. The van der Waals surface area contributed by atoms with Gasteiger partial charge in [0.05, 0.1) is 23.3 Å². The van der Waals surface area contributed by atoms with Crippen molar-refractivity contribution >= 4 is 38.5 Å². The zero-order chi connectivity index (χ0) is 10.0. The maximum absolute atomic E-state index is 12.5. The van der Waals surface area contributed by atoms with Crippen molar-refractivity contribution in [3.63, 3.8) is 0 Å². The summed E-state index contributed by atoms with van der Waals surface area (Å²) < 4.78 is 30.6. The summed E-state index contributed by atoms with van der Waals surface area (Å²) in [4.78, 5) is 3.87. The third kappa shape index (κ3) is 2.28. The van der Waals surface area contributed by atoms with Crippen LogP contribution in [0.15, 0.2) is 10.7 Å². The van der Waals surface area contributed by atoms with E-state index in [4.69, 9.17) is 4.74 Å². The van der Waals surface area contributed by atoms with Crippen molar-refractivity contribution in [2.24, 2.45) is 0 Å². The highest BCUT2D eigenvalue weighted by Crippen LogP contribution is 2.36. The Bertz CT molecular complexity index is 322. The van der Waals surface area contributed by atoms with Crippen molar-refractivity contribution in [2.75, 3.05) is 7.11 Å². The van der Waals surface area contributed by atoms with Crippen LogP contribution in [0.25, 0.3) is 0 Å². The minimum atomic E-state index is -2.57. The van der Waals surface area contributed by atoms with Crippen LogP contribution >= 0.6 is 38.5 Å². The van der Waals surface area contributed by atoms with Crippen LogP contribution in [0.1, 0.15) is 12.0 Å². The van der Waals surface area contributed by atoms with Gasteiger partial charge in [0.1, 0.15) is 9.45 Å². The lowest BCUT2D eigenvalue weighted by Gasteiger charge is -2.09. The van der Waals surface area contributed by atoms with E-state index in [1.54, 1.807) is 0 Å². The van der Waals surface area contributed by atoms with Crippen LogP contribution in [-0.4, -0.2) is 12.1 Å². The first-order valence-corrected chi connectivity index (χ1v) is 5.11. The molecule has 0 fully saturated rings. The maximum atomic E-state index is 12.5. The Morgan fingerprint density at radius 1 is 1.62 bits per heavy atom. The summed E-state index contributed by atoms with van der Waals surface area (Å²) in [6.07, 6.45) is -1.28. The molecule has 0 aliphatic carbocycles. The van der Waals surface area contributed by atoms with Gasteiger partial charge in [0.25, 0.3) is 6.43 Å². The Morgan fingerprint density at radius 2 is 2.23 bits per heavy atom. The van der Waals surface area contributed by atoms with Crippen LogP contribution in [0.4, 0.5) is 8.78 Å². The number of halogens is 4. The Kier molecular flexibility index (Phi) is 3.84. The van der Waals surface area contributed by atoms with E-state index >= 15 is 0 Å². The van der Waals surface area contributed by atoms with Crippen LogP contribution < -0.4 is 4.74 Å². The average Bonchev–Trinajstić information content (AvgIpc) is 2.08. The zero-order valence-corrected chi connectivity index (χ0v) is 10.3. The van der Waals surface area contributed by atoms with E-state index in [0.29, 0.717) is 8.17 Å². The van der Waals surface area contributed by atoms with Gasteiger partial charge in [0.2, 0.25) is 0 Å². The molecule has 0 radical (unpaired) electrons. The number of hydrogen-bond donors (Lipinski definition) is 0. The lowest BCUT2D eigenvalue weighted by molar-refractivity contribution is 0.146. The molecule has 1 rings (SSSR count). The molecule has 0 amide bonds. The van der Waals surface area contributed by atoms with Crippen molar-refractivity contribution in [2.45, 2.75) is 6.43 Å². The van der Waals surface area contributed by atoms with E-state index in [9.17, 15) is 8.78 Å². The topological polar surface area (TPSA) is 22.1 Å². The summed E-state index contributed by atoms with van der Waals surface area (Å²) in [5.74, 6) is 0.0993. The third-order valence-corrected chi connectivity index (χ3v) is 3.78. The van der Waals surface area contributed by atoms with Crippen molar-refractivity contribution < 1.29 is 13.5 Å². The Hall–Kier alpha value is 0.0200. The fourth-order valence-electron chi connectivity index (χ4n) is 0.827. The number of methoxy groups -OCH3 is 1. The molecule has 0 saturated heterocycles. The second-order valence-corrected chi connectivity index (χ2v) is 3.96. The van der Waals surface area contributed by atoms with Gasteiger partial charge < -0.3 is 4.74 Å². The van der Waals surface area contributed by atoms with Gasteiger partial charge in [-0.15, -0.1) is 0 Å². The molecule has 72 valence electrons. The maximum Gasteiger partial charge on any atom is 0.268 e. The van der Waals surface area contributed by atoms with E-state index in [0.717, 1.165) is 0 Å². The smallest absolute Gasteiger partial charge is 0.268 e. The Labute approximate surface area is 96.0 Å². The molecule has 0 atom stereocenters. The number of rotatable bonds is 2. The van der Waals surface area contributed by atoms with Gasteiger partial charge in [-0.1, -0.05) is 0 Å². The molecule has 1 aromatic heterocycles. The largest absolute Gasteiger partial charge is 0.495 e. The minimum absolute atomic E-state index is 0.0993. The van der Waals surface area contributed by atoms with Crippen LogP contribution in [0.3, 0.4) is 0 Å².